The van der Waals surface area contributed by atoms with E-state index in [1.54, 1.807) is 24.4 Å². The van der Waals surface area contributed by atoms with Gasteiger partial charge in [-0.25, -0.2) is 14.4 Å². The number of carbonyl (C=O) groups excluding carboxylic acids is 1. The van der Waals surface area contributed by atoms with Crippen molar-refractivity contribution in [2.45, 2.75) is 0 Å². The van der Waals surface area contributed by atoms with E-state index in [-0.39, 0.29) is 18.0 Å². The Hall–Kier alpha value is -3.42. The summed E-state index contributed by atoms with van der Waals surface area (Å²) in [6, 6.07) is 13.2. The molecule has 2 aromatic heterocycles. The number of rotatable bonds is 4. The van der Waals surface area contributed by atoms with Gasteiger partial charge < -0.3 is 10.5 Å². The monoisotopic (exact) mass is 408 g/mol. The minimum atomic E-state index is -0.613. The fourth-order valence-corrected chi connectivity index (χ4v) is 3.14. The number of halogens is 2. The normalized spacial score (nSPS) is 10.9. The van der Waals surface area contributed by atoms with Gasteiger partial charge in [0.1, 0.15) is 12.1 Å². The summed E-state index contributed by atoms with van der Waals surface area (Å²) < 4.78 is 19.7. The van der Waals surface area contributed by atoms with E-state index in [9.17, 15) is 9.18 Å². The van der Waals surface area contributed by atoms with Gasteiger partial charge in [0.15, 0.2) is 0 Å². The van der Waals surface area contributed by atoms with E-state index in [2.05, 4.69) is 15.0 Å². The largest absolute Gasteiger partial charge is 0.406 e. The van der Waals surface area contributed by atoms with Crippen LogP contribution in [0.2, 0.25) is 5.02 Å². The fourth-order valence-electron chi connectivity index (χ4n) is 2.96. The van der Waals surface area contributed by atoms with E-state index in [1.165, 1.54) is 24.5 Å². The number of ether oxygens (including phenoxy) is 1. The Labute approximate surface area is 170 Å². The van der Waals surface area contributed by atoms with Gasteiger partial charge in [0, 0.05) is 22.3 Å². The van der Waals surface area contributed by atoms with E-state index in [4.69, 9.17) is 22.1 Å². The van der Waals surface area contributed by atoms with Crippen LogP contribution in [0.15, 0.2) is 61.1 Å². The van der Waals surface area contributed by atoms with E-state index >= 15 is 0 Å². The number of benzene rings is 2. The molecule has 2 aromatic carbocycles. The van der Waals surface area contributed by atoms with Crippen molar-refractivity contribution in [1.82, 2.24) is 15.0 Å². The van der Waals surface area contributed by atoms with Gasteiger partial charge in [-0.3, -0.25) is 9.78 Å². The van der Waals surface area contributed by atoms with Crippen LogP contribution in [-0.2, 0) is 4.79 Å². The van der Waals surface area contributed by atoms with Crippen LogP contribution in [-0.4, -0.2) is 27.5 Å². The van der Waals surface area contributed by atoms with Crippen molar-refractivity contribution in [2.75, 3.05) is 6.54 Å². The summed E-state index contributed by atoms with van der Waals surface area (Å²) in [5, 5.41) is 0.925. The molecule has 0 aliphatic rings. The third-order valence-corrected chi connectivity index (χ3v) is 4.51. The highest BCUT2D eigenvalue weighted by atomic mass is 35.5. The Morgan fingerprint density at radius 2 is 1.93 bits per heavy atom. The van der Waals surface area contributed by atoms with Gasteiger partial charge in [-0.05, 0) is 42.0 Å². The Morgan fingerprint density at radius 1 is 1.07 bits per heavy atom. The lowest BCUT2D eigenvalue weighted by molar-refractivity contribution is -0.132. The van der Waals surface area contributed by atoms with Crippen LogP contribution < -0.4 is 10.5 Å². The van der Waals surface area contributed by atoms with Gasteiger partial charge in [-0.1, -0.05) is 23.7 Å². The molecule has 8 heteroatoms. The van der Waals surface area contributed by atoms with Gasteiger partial charge in [0.05, 0.1) is 23.1 Å². The van der Waals surface area contributed by atoms with Crippen molar-refractivity contribution in [3.8, 4) is 28.3 Å². The molecule has 0 aliphatic carbocycles. The molecule has 0 saturated carbocycles. The molecule has 0 aliphatic heterocycles. The molecule has 0 spiro atoms. The second-order valence-electron chi connectivity index (χ2n) is 6.11. The van der Waals surface area contributed by atoms with Crippen molar-refractivity contribution in [3.63, 3.8) is 0 Å². The topological polar surface area (TPSA) is 91.0 Å². The molecule has 0 saturated heterocycles. The smallest absolute Gasteiger partial charge is 0.326 e. The fraction of sp³-hybridized carbons (Fsp3) is 0.0476. The Balaban J connectivity index is 1.89. The molecule has 2 heterocycles. The van der Waals surface area contributed by atoms with Crippen LogP contribution in [0.3, 0.4) is 0 Å². The van der Waals surface area contributed by atoms with Crippen molar-refractivity contribution in [2.24, 2.45) is 5.73 Å². The number of carbonyl (C=O) groups is 1. The lowest BCUT2D eigenvalue weighted by Gasteiger charge is -2.12. The molecule has 0 radical (unpaired) electrons. The zero-order valence-electron chi connectivity index (χ0n) is 15.0. The highest BCUT2D eigenvalue weighted by Crippen LogP contribution is 2.35. The van der Waals surface area contributed by atoms with Crippen LogP contribution in [0.1, 0.15) is 0 Å². The molecule has 0 bridgehead atoms. The molecular formula is C21H14ClFN4O2. The number of fused-ring (bicyclic) bond motifs is 1. The molecule has 4 rings (SSSR count). The molecule has 144 valence electrons. The van der Waals surface area contributed by atoms with Gasteiger partial charge in [0.25, 0.3) is 0 Å². The van der Waals surface area contributed by atoms with Crippen LogP contribution in [0.5, 0.6) is 5.88 Å². The number of nitrogens with two attached hydrogens (primary N) is 1. The first-order valence-electron chi connectivity index (χ1n) is 8.63. The number of pyridine rings is 1. The average Bonchev–Trinajstić information content (AvgIpc) is 2.75. The predicted octanol–water partition coefficient (Wildman–Crippen LogP) is 4.02. The summed E-state index contributed by atoms with van der Waals surface area (Å²) in [5.41, 5.74) is 8.03. The van der Waals surface area contributed by atoms with E-state index < -0.39 is 11.8 Å². The zero-order chi connectivity index (χ0) is 20.4. The quantitative estimate of drug-likeness (QED) is 0.513. The van der Waals surface area contributed by atoms with Crippen LogP contribution in [0, 0.1) is 5.82 Å². The first-order chi connectivity index (χ1) is 14.1. The van der Waals surface area contributed by atoms with Gasteiger partial charge in [0.2, 0.25) is 5.88 Å². The Bertz CT molecular complexity index is 1230. The second kappa shape index (κ2) is 7.90. The maximum Gasteiger partial charge on any atom is 0.326 e. The first-order valence-corrected chi connectivity index (χ1v) is 9.01. The van der Waals surface area contributed by atoms with Gasteiger partial charge in [-0.15, -0.1) is 0 Å². The van der Waals surface area contributed by atoms with Crippen LogP contribution in [0.4, 0.5) is 4.39 Å². The summed E-state index contributed by atoms with van der Waals surface area (Å²) in [4.78, 5) is 24.2. The van der Waals surface area contributed by atoms with Crippen LogP contribution in [0.25, 0.3) is 33.3 Å². The number of nitrogens with zero attached hydrogens (tertiary/aromatic N) is 3. The molecule has 0 fully saturated rings. The minimum Gasteiger partial charge on any atom is -0.406 e. The highest BCUT2D eigenvalue weighted by Gasteiger charge is 2.15. The summed E-state index contributed by atoms with van der Waals surface area (Å²) >= 11 is 6.06. The summed E-state index contributed by atoms with van der Waals surface area (Å²) in [6.07, 6.45) is 2.88. The number of esters is 1. The van der Waals surface area contributed by atoms with Gasteiger partial charge in [-0.2, -0.15) is 0 Å². The summed E-state index contributed by atoms with van der Waals surface area (Å²) in [6.45, 7) is -0.272. The number of hydrogen-bond acceptors (Lipinski definition) is 6. The van der Waals surface area contributed by atoms with Crippen molar-refractivity contribution in [3.05, 3.63) is 71.9 Å². The molecule has 6 nitrogen and oxygen atoms in total. The molecule has 0 atom stereocenters. The molecular weight excluding hydrogens is 395 g/mol. The molecule has 2 N–H and O–H groups in total. The minimum absolute atomic E-state index is 0.103. The first kappa shape index (κ1) is 18.9. The SMILES string of the molecule is NCC(=O)Oc1ncnc2ccc(-c3cccnc3-c3cc(Cl)ccc3F)cc12. The maximum atomic E-state index is 14.5. The molecule has 0 unspecified atom stereocenters. The van der Waals surface area contributed by atoms with E-state index in [1.807, 2.05) is 12.1 Å². The summed E-state index contributed by atoms with van der Waals surface area (Å²) in [5.74, 6) is -0.943. The van der Waals surface area contributed by atoms with E-state index in [0.29, 0.717) is 27.2 Å². The van der Waals surface area contributed by atoms with Crippen molar-refractivity contribution >= 4 is 28.5 Å². The Morgan fingerprint density at radius 3 is 2.76 bits per heavy atom. The number of aromatic nitrogens is 3. The average molecular weight is 409 g/mol. The van der Waals surface area contributed by atoms with Gasteiger partial charge >= 0.3 is 5.97 Å². The van der Waals surface area contributed by atoms with Crippen molar-refractivity contribution in [1.29, 1.82) is 0 Å². The third kappa shape index (κ3) is 3.78. The molecule has 29 heavy (non-hydrogen) atoms. The number of hydrogen-bond donors (Lipinski definition) is 1. The maximum absolute atomic E-state index is 14.5. The predicted molar refractivity (Wildman–Crippen MR) is 108 cm³/mol. The summed E-state index contributed by atoms with van der Waals surface area (Å²) in [7, 11) is 0. The zero-order valence-corrected chi connectivity index (χ0v) is 15.7. The van der Waals surface area contributed by atoms with E-state index in [0.717, 1.165) is 5.56 Å². The third-order valence-electron chi connectivity index (χ3n) is 4.28. The van der Waals surface area contributed by atoms with Crippen molar-refractivity contribution < 1.29 is 13.9 Å². The van der Waals surface area contributed by atoms with Crippen LogP contribution >= 0.6 is 11.6 Å². The highest BCUT2D eigenvalue weighted by molar-refractivity contribution is 6.30. The lowest BCUT2D eigenvalue weighted by Crippen LogP contribution is -2.20. The second-order valence-corrected chi connectivity index (χ2v) is 6.55. The molecule has 4 aromatic rings. The Kier molecular flexibility index (Phi) is 5.16. The molecule has 0 amide bonds. The lowest BCUT2D eigenvalue weighted by atomic mass is 9.98. The standard InChI is InChI=1S/C21H14ClFN4O2/c22-13-4-5-17(23)15(9-13)20-14(2-1-7-25-20)12-3-6-18-16(8-12)21(27-11-26-18)29-19(28)10-24/h1-9,11H,10,24H2.